The molecule has 0 aliphatic heterocycles. The molecule has 0 spiro atoms. The number of hydrogen-bond donors (Lipinski definition) is 0. The summed E-state index contributed by atoms with van der Waals surface area (Å²) in [6.07, 6.45) is -5.09. The van der Waals surface area contributed by atoms with E-state index in [0.29, 0.717) is 5.56 Å². The molecule has 0 N–H and O–H groups in total. The van der Waals surface area contributed by atoms with Crippen LogP contribution in [0.3, 0.4) is 0 Å². The molecule has 1 aliphatic rings. The van der Waals surface area contributed by atoms with E-state index in [1.54, 1.807) is 18.2 Å². The van der Waals surface area contributed by atoms with Crippen LogP contribution in [0, 0.1) is 5.92 Å². The van der Waals surface area contributed by atoms with Crippen molar-refractivity contribution in [3.63, 3.8) is 0 Å². The van der Waals surface area contributed by atoms with Crippen LogP contribution in [0.1, 0.15) is 15.9 Å². The van der Waals surface area contributed by atoms with Crippen molar-refractivity contribution in [1.29, 1.82) is 0 Å². The second-order valence-electron chi connectivity index (χ2n) is 3.64. The molecule has 0 heterocycles. The smallest absolute Gasteiger partial charge is 0.293 e. The van der Waals surface area contributed by atoms with Crippen LogP contribution in [0.25, 0.3) is 0 Å². The zero-order valence-electron chi connectivity index (χ0n) is 8.04. The van der Waals surface area contributed by atoms with Crippen molar-refractivity contribution >= 4 is 11.6 Å². The quantitative estimate of drug-likeness (QED) is 0.690. The molecule has 0 bridgehead atoms. The Morgan fingerprint density at radius 1 is 1.25 bits per heavy atom. The molecule has 0 radical (unpaired) electrons. The Kier molecular flexibility index (Phi) is 2.33. The number of rotatable bonds is 1. The van der Waals surface area contributed by atoms with Gasteiger partial charge < -0.3 is 0 Å². The molecule has 0 unspecified atom stereocenters. The van der Waals surface area contributed by atoms with Gasteiger partial charge in [-0.05, 0) is 12.0 Å². The number of ketones is 2. The summed E-state index contributed by atoms with van der Waals surface area (Å²) >= 11 is 0. The molecule has 1 aromatic rings. The molecule has 0 saturated heterocycles. The monoisotopic (exact) mass is 228 g/mol. The first-order valence-corrected chi connectivity index (χ1v) is 4.64. The van der Waals surface area contributed by atoms with Crippen molar-refractivity contribution in [2.45, 2.75) is 12.6 Å². The summed E-state index contributed by atoms with van der Waals surface area (Å²) < 4.78 is 36.6. The fourth-order valence-corrected chi connectivity index (χ4v) is 1.85. The van der Waals surface area contributed by atoms with Crippen LogP contribution in [0.2, 0.25) is 0 Å². The molecule has 2 nitrogen and oxygen atoms in total. The summed E-state index contributed by atoms with van der Waals surface area (Å²) in [5, 5.41) is 0. The second kappa shape index (κ2) is 3.43. The second-order valence-corrected chi connectivity index (χ2v) is 3.64. The summed E-state index contributed by atoms with van der Waals surface area (Å²) in [5.74, 6) is -4.26. The number of benzene rings is 1. The van der Waals surface area contributed by atoms with Crippen LogP contribution in [0.15, 0.2) is 24.3 Å². The van der Waals surface area contributed by atoms with E-state index in [4.69, 9.17) is 0 Å². The molecule has 0 fully saturated rings. The zero-order valence-corrected chi connectivity index (χ0v) is 8.04. The summed E-state index contributed by atoms with van der Waals surface area (Å²) in [4.78, 5) is 22.6. The molecule has 1 aromatic carbocycles. The van der Waals surface area contributed by atoms with Gasteiger partial charge in [0.1, 0.15) is 0 Å². The molecule has 16 heavy (non-hydrogen) atoms. The molecule has 0 aromatic heterocycles. The first-order valence-electron chi connectivity index (χ1n) is 4.64. The molecule has 0 amide bonds. The van der Waals surface area contributed by atoms with Crippen molar-refractivity contribution in [2.24, 2.45) is 5.92 Å². The average Bonchev–Trinajstić information content (AvgIpc) is 2.54. The Morgan fingerprint density at radius 2 is 1.88 bits per heavy atom. The molecule has 1 aliphatic carbocycles. The Labute approximate surface area is 89.1 Å². The third-order valence-electron chi connectivity index (χ3n) is 2.62. The van der Waals surface area contributed by atoms with Crippen LogP contribution in [0.4, 0.5) is 13.2 Å². The lowest BCUT2D eigenvalue weighted by atomic mass is 9.99. The van der Waals surface area contributed by atoms with E-state index in [1.165, 1.54) is 6.07 Å². The fourth-order valence-electron chi connectivity index (χ4n) is 1.85. The normalized spacial score (nSPS) is 19.7. The maximum absolute atomic E-state index is 12.2. The van der Waals surface area contributed by atoms with Gasteiger partial charge >= 0.3 is 6.18 Å². The number of halogens is 3. The SMILES string of the molecule is O=C1c2ccccc2C[C@H]1C(=O)C(F)(F)F. The van der Waals surface area contributed by atoms with Crippen LogP contribution < -0.4 is 0 Å². The Hall–Kier alpha value is -1.65. The van der Waals surface area contributed by atoms with Crippen LogP contribution in [-0.2, 0) is 11.2 Å². The lowest BCUT2D eigenvalue weighted by molar-refractivity contribution is -0.173. The van der Waals surface area contributed by atoms with Crippen molar-refractivity contribution < 1.29 is 22.8 Å². The van der Waals surface area contributed by atoms with E-state index in [0.717, 1.165) is 0 Å². The molecule has 1 atom stereocenters. The van der Waals surface area contributed by atoms with E-state index in [9.17, 15) is 22.8 Å². The fraction of sp³-hybridized carbons (Fsp3) is 0.273. The van der Waals surface area contributed by atoms with Crippen molar-refractivity contribution in [3.8, 4) is 0 Å². The molecule has 5 heteroatoms. The maximum Gasteiger partial charge on any atom is 0.450 e. The summed E-state index contributed by atoms with van der Waals surface area (Å²) in [6.45, 7) is 0. The topological polar surface area (TPSA) is 34.1 Å². The van der Waals surface area contributed by atoms with Gasteiger partial charge in [0.25, 0.3) is 0 Å². The molecular weight excluding hydrogens is 221 g/mol. The van der Waals surface area contributed by atoms with Crippen LogP contribution in [0.5, 0.6) is 0 Å². The standard InChI is InChI=1S/C11H7F3O2/c12-11(13,14)10(16)8-5-6-3-1-2-4-7(6)9(8)15/h1-4,8H,5H2/t8-/m1/s1. The minimum atomic E-state index is -4.94. The van der Waals surface area contributed by atoms with Gasteiger partial charge in [-0.3, -0.25) is 9.59 Å². The van der Waals surface area contributed by atoms with Gasteiger partial charge in [-0.25, -0.2) is 0 Å². The highest BCUT2D eigenvalue weighted by molar-refractivity contribution is 6.15. The summed E-state index contributed by atoms with van der Waals surface area (Å²) in [7, 11) is 0. The highest BCUT2D eigenvalue weighted by Crippen LogP contribution is 2.32. The predicted molar refractivity (Wildman–Crippen MR) is 49.0 cm³/mol. The minimum Gasteiger partial charge on any atom is -0.293 e. The highest BCUT2D eigenvalue weighted by Gasteiger charge is 2.48. The molecule has 2 rings (SSSR count). The van der Waals surface area contributed by atoms with Gasteiger partial charge in [-0.1, -0.05) is 24.3 Å². The number of carbonyl (C=O) groups excluding carboxylic acids is 2. The van der Waals surface area contributed by atoms with E-state index in [-0.39, 0.29) is 12.0 Å². The molecule has 0 saturated carbocycles. The number of Topliss-reactive ketones (excluding diaryl/α,β-unsaturated/α-hetero) is 2. The van der Waals surface area contributed by atoms with Crippen LogP contribution >= 0.6 is 0 Å². The number of alkyl halides is 3. The van der Waals surface area contributed by atoms with Gasteiger partial charge in [0.15, 0.2) is 5.78 Å². The lowest BCUT2D eigenvalue weighted by Gasteiger charge is -2.09. The summed E-state index contributed by atoms with van der Waals surface area (Å²) in [6, 6.07) is 6.21. The van der Waals surface area contributed by atoms with E-state index < -0.39 is 23.7 Å². The van der Waals surface area contributed by atoms with Gasteiger partial charge in [0.05, 0.1) is 5.92 Å². The first-order chi connectivity index (χ1) is 7.41. The third-order valence-corrected chi connectivity index (χ3v) is 2.62. The Morgan fingerprint density at radius 3 is 2.44 bits per heavy atom. The number of hydrogen-bond acceptors (Lipinski definition) is 2. The number of carbonyl (C=O) groups is 2. The van der Waals surface area contributed by atoms with Gasteiger partial charge in [0, 0.05) is 5.56 Å². The first kappa shape index (κ1) is 10.9. The highest BCUT2D eigenvalue weighted by atomic mass is 19.4. The van der Waals surface area contributed by atoms with Crippen molar-refractivity contribution in [1.82, 2.24) is 0 Å². The van der Waals surface area contributed by atoms with Gasteiger partial charge in [0.2, 0.25) is 5.78 Å². The third kappa shape index (κ3) is 1.62. The Balaban J connectivity index is 2.33. The van der Waals surface area contributed by atoms with Gasteiger partial charge in [-0.2, -0.15) is 13.2 Å². The molecular formula is C11H7F3O2. The summed E-state index contributed by atoms with van der Waals surface area (Å²) in [5.41, 5.74) is 0.736. The average molecular weight is 228 g/mol. The number of fused-ring (bicyclic) bond motifs is 1. The van der Waals surface area contributed by atoms with Crippen molar-refractivity contribution in [2.75, 3.05) is 0 Å². The maximum atomic E-state index is 12.2. The predicted octanol–water partition coefficient (Wildman–Crippen LogP) is 2.17. The molecule has 84 valence electrons. The van der Waals surface area contributed by atoms with E-state index in [2.05, 4.69) is 0 Å². The minimum absolute atomic E-state index is 0.145. The largest absolute Gasteiger partial charge is 0.450 e. The van der Waals surface area contributed by atoms with E-state index in [1.807, 2.05) is 0 Å². The van der Waals surface area contributed by atoms with Crippen molar-refractivity contribution in [3.05, 3.63) is 35.4 Å². The van der Waals surface area contributed by atoms with Gasteiger partial charge in [-0.15, -0.1) is 0 Å². The van der Waals surface area contributed by atoms with E-state index >= 15 is 0 Å². The lowest BCUT2D eigenvalue weighted by Crippen LogP contribution is -2.33. The zero-order chi connectivity index (χ0) is 11.9. The Bertz CT molecular complexity index is 463. The van der Waals surface area contributed by atoms with Crippen LogP contribution in [-0.4, -0.2) is 17.7 Å².